The maximum atomic E-state index is 13.3. The number of halogens is 1. The predicted molar refractivity (Wildman–Crippen MR) is 100 cm³/mol. The summed E-state index contributed by atoms with van der Waals surface area (Å²) in [6.07, 6.45) is -0.0564. The lowest BCUT2D eigenvalue weighted by molar-refractivity contribution is -0.116. The second kappa shape index (κ2) is 7.97. The van der Waals surface area contributed by atoms with Gasteiger partial charge < -0.3 is 5.32 Å². The van der Waals surface area contributed by atoms with Gasteiger partial charge >= 0.3 is 0 Å². The van der Waals surface area contributed by atoms with Gasteiger partial charge in [0, 0.05) is 18.7 Å². The number of anilines is 1. The Labute approximate surface area is 153 Å². The first kappa shape index (κ1) is 20.1. The first-order valence-corrected chi connectivity index (χ1v) is 9.72. The molecule has 2 aromatic rings. The zero-order valence-electron chi connectivity index (χ0n) is 15.3. The Morgan fingerprint density at radius 3 is 2.23 bits per heavy atom. The molecule has 0 fully saturated rings. The lowest BCUT2D eigenvalue weighted by Gasteiger charge is -2.13. The van der Waals surface area contributed by atoms with E-state index in [1.807, 2.05) is 6.92 Å². The van der Waals surface area contributed by atoms with E-state index in [-0.39, 0.29) is 17.9 Å². The Kier molecular flexibility index (Phi) is 6.15. The largest absolute Gasteiger partial charge is 0.326 e. The Balaban J connectivity index is 2.00. The molecule has 2 N–H and O–H groups in total. The molecule has 0 radical (unpaired) electrons. The van der Waals surface area contributed by atoms with Gasteiger partial charge in [0.05, 0.1) is 4.90 Å². The molecular formula is C19H23FN2O3S. The first-order chi connectivity index (χ1) is 12.1. The molecule has 0 spiro atoms. The predicted octanol–water partition coefficient (Wildman–Crippen LogP) is 3.37. The second-order valence-corrected chi connectivity index (χ2v) is 8.09. The van der Waals surface area contributed by atoms with Gasteiger partial charge in [-0.25, -0.2) is 17.5 Å². The maximum absolute atomic E-state index is 13.3. The van der Waals surface area contributed by atoms with Crippen LogP contribution in [0.4, 0.5) is 10.1 Å². The molecule has 26 heavy (non-hydrogen) atoms. The summed E-state index contributed by atoms with van der Waals surface area (Å²) in [5.41, 5.74) is 3.42. The van der Waals surface area contributed by atoms with Crippen molar-refractivity contribution in [2.75, 3.05) is 11.9 Å². The van der Waals surface area contributed by atoms with Crippen molar-refractivity contribution in [1.29, 1.82) is 0 Å². The van der Waals surface area contributed by atoms with Crippen molar-refractivity contribution < 1.29 is 17.6 Å². The number of rotatable bonds is 6. The number of sulfonamides is 1. The van der Waals surface area contributed by atoms with Gasteiger partial charge in [-0.05, 0) is 56.5 Å². The third kappa shape index (κ3) is 4.89. The number of carbonyl (C=O) groups excluding carboxylic acids is 1. The zero-order chi connectivity index (χ0) is 19.5. The van der Waals surface area contributed by atoms with Gasteiger partial charge in [0.25, 0.3) is 0 Å². The summed E-state index contributed by atoms with van der Waals surface area (Å²) in [6, 6.07) is 7.72. The fourth-order valence-corrected chi connectivity index (χ4v) is 4.38. The molecule has 1 amide bonds. The molecule has 0 aliphatic rings. The molecule has 0 unspecified atom stereocenters. The topological polar surface area (TPSA) is 75.3 Å². The van der Waals surface area contributed by atoms with E-state index in [1.54, 1.807) is 39.0 Å². The highest BCUT2D eigenvalue weighted by Gasteiger charge is 2.19. The number of aryl methyl sites for hydroxylation is 4. The molecule has 140 valence electrons. The van der Waals surface area contributed by atoms with Gasteiger partial charge in [0.2, 0.25) is 15.9 Å². The van der Waals surface area contributed by atoms with E-state index in [2.05, 4.69) is 10.0 Å². The molecule has 0 saturated heterocycles. The van der Waals surface area contributed by atoms with Crippen molar-refractivity contribution in [1.82, 2.24) is 4.72 Å². The number of hydrogen-bond acceptors (Lipinski definition) is 3. The summed E-state index contributed by atoms with van der Waals surface area (Å²) in [5.74, 6) is -0.837. The van der Waals surface area contributed by atoms with E-state index in [0.717, 1.165) is 11.1 Å². The summed E-state index contributed by atoms with van der Waals surface area (Å²) in [4.78, 5) is 12.2. The van der Waals surface area contributed by atoms with Gasteiger partial charge in [-0.1, -0.05) is 23.8 Å². The van der Waals surface area contributed by atoms with Crippen molar-refractivity contribution in [2.24, 2.45) is 0 Å². The molecule has 0 heterocycles. The Morgan fingerprint density at radius 2 is 1.62 bits per heavy atom. The minimum Gasteiger partial charge on any atom is -0.326 e. The van der Waals surface area contributed by atoms with Gasteiger partial charge in [-0.2, -0.15) is 0 Å². The van der Waals surface area contributed by atoms with Crippen molar-refractivity contribution >= 4 is 21.6 Å². The maximum Gasteiger partial charge on any atom is 0.241 e. The van der Waals surface area contributed by atoms with Crippen LogP contribution in [0.3, 0.4) is 0 Å². The van der Waals surface area contributed by atoms with Crippen molar-refractivity contribution in [2.45, 2.75) is 39.0 Å². The normalized spacial score (nSPS) is 11.4. The monoisotopic (exact) mass is 378 g/mol. The van der Waals surface area contributed by atoms with E-state index in [4.69, 9.17) is 0 Å². The van der Waals surface area contributed by atoms with Crippen LogP contribution >= 0.6 is 0 Å². The summed E-state index contributed by atoms with van der Waals surface area (Å²) >= 11 is 0. The van der Waals surface area contributed by atoms with Crippen LogP contribution in [0.1, 0.15) is 28.7 Å². The van der Waals surface area contributed by atoms with E-state index in [9.17, 15) is 17.6 Å². The number of carbonyl (C=O) groups is 1. The molecule has 2 aromatic carbocycles. The Bertz CT molecular complexity index is 917. The van der Waals surface area contributed by atoms with Gasteiger partial charge in [0.15, 0.2) is 0 Å². The SMILES string of the molecule is Cc1cc(C)c(S(=O)(=O)NCCC(=O)Nc2cc(F)ccc2C)c(C)c1. The highest BCUT2D eigenvalue weighted by Crippen LogP contribution is 2.21. The van der Waals surface area contributed by atoms with Gasteiger partial charge in [0.1, 0.15) is 5.82 Å². The van der Waals surface area contributed by atoms with Crippen LogP contribution in [0.2, 0.25) is 0 Å². The minimum atomic E-state index is -3.71. The number of amides is 1. The lowest BCUT2D eigenvalue weighted by Crippen LogP contribution is -2.29. The molecule has 5 nitrogen and oxygen atoms in total. The van der Waals surface area contributed by atoms with Crippen molar-refractivity contribution in [3.05, 3.63) is 58.4 Å². The van der Waals surface area contributed by atoms with E-state index in [0.29, 0.717) is 16.8 Å². The molecule has 2 rings (SSSR count). The summed E-state index contributed by atoms with van der Waals surface area (Å²) in [6.45, 7) is 7.10. The molecular weight excluding hydrogens is 355 g/mol. The van der Waals surface area contributed by atoms with E-state index in [1.165, 1.54) is 12.1 Å². The molecule has 0 aromatic heterocycles. The highest BCUT2D eigenvalue weighted by molar-refractivity contribution is 7.89. The summed E-state index contributed by atoms with van der Waals surface area (Å²) in [7, 11) is -3.71. The van der Waals surface area contributed by atoms with E-state index < -0.39 is 21.7 Å². The van der Waals surface area contributed by atoms with Crippen LogP contribution < -0.4 is 10.0 Å². The van der Waals surface area contributed by atoms with Crippen molar-refractivity contribution in [3.63, 3.8) is 0 Å². The number of benzene rings is 2. The molecule has 0 bridgehead atoms. The van der Waals surface area contributed by atoms with Crippen LogP contribution in [0.5, 0.6) is 0 Å². The van der Waals surface area contributed by atoms with Crippen molar-refractivity contribution in [3.8, 4) is 0 Å². The highest BCUT2D eigenvalue weighted by atomic mass is 32.2. The smallest absolute Gasteiger partial charge is 0.241 e. The number of nitrogens with one attached hydrogen (secondary N) is 2. The quantitative estimate of drug-likeness (QED) is 0.809. The fraction of sp³-hybridized carbons (Fsp3) is 0.316. The summed E-state index contributed by atoms with van der Waals surface area (Å²) in [5, 5.41) is 2.59. The lowest BCUT2D eigenvalue weighted by atomic mass is 10.1. The molecule has 0 aliphatic heterocycles. The Hall–Kier alpha value is -2.25. The van der Waals surface area contributed by atoms with Crippen LogP contribution in [0.15, 0.2) is 35.2 Å². The van der Waals surface area contributed by atoms with Gasteiger partial charge in [-0.15, -0.1) is 0 Å². The van der Waals surface area contributed by atoms with E-state index >= 15 is 0 Å². The summed E-state index contributed by atoms with van der Waals surface area (Å²) < 4.78 is 40.8. The zero-order valence-corrected chi connectivity index (χ0v) is 16.1. The van der Waals surface area contributed by atoms with Crippen LogP contribution in [-0.2, 0) is 14.8 Å². The molecule has 0 aliphatic carbocycles. The molecule has 0 atom stereocenters. The average Bonchev–Trinajstić information content (AvgIpc) is 2.49. The van der Waals surface area contributed by atoms with Crippen LogP contribution in [0.25, 0.3) is 0 Å². The third-order valence-electron chi connectivity index (χ3n) is 3.99. The minimum absolute atomic E-state index is 0.0463. The second-order valence-electron chi connectivity index (χ2n) is 6.38. The van der Waals surface area contributed by atoms with Gasteiger partial charge in [-0.3, -0.25) is 4.79 Å². The molecule has 7 heteroatoms. The Morgan fingerprint density at radius 1 is 1.00 bits per heavy atom. The fourth-order valence-electron chi connectivity index (χ4n) is 2.90. The van der Waals surface area contributed by atoms with Crippen LogP contribution in [-0.4, -0.2) is 20.9 Å². The van der Waals surface area contributed by atoms with Crippen LogP contribution in [0, 0.1) is 33.5 Å². The average molecular weight is 378 g/mol. The first-order valence-electron chi connectivity index (χ1n) is 8.23. The standard InChI is InChI=1S/C19H23FN2O3S/c1-12-9-14(3)19(15(4)10-12)26(24,25)21-8-7-18(23)22-17-11-16(20)6-5-13(17)2/h5-6,9-11,21H,7-8H2,1-4H3,(H,22,23). The third-order valence-corrected chi connectivity index (χ3v) is 5.76. The molecule has 0 saturated carbocycles. The number of hydrogen-bond donors (Lipinski definition) is 2.